The second-order valence-electron chi connectivity index (χ2n) is 6.12. The van der Waals surface area contributed by atoms with Gasteiger partial charge in [0, 0.05) is 11.3 Å². The normalized spacial score (nSPS) is 14.5. The van der Waals surface area contributed by atoms with Gasteiger partial charge in [0.15, 0.2) is 5.69 Å². The van der Waals surface area contributed by atoms with Crippen molar-refractivity contribution in [3.8, 4) is 5.69 Å². The van der Waals surface area contributed by atoms with Crippen molar-refractivity contribution in [1.82, 2.24) is 24.8 Å². The Bertz CT molecular complexity index is 863. The van der Waals surface area contributed by atoms with Gasteiger partial charge < -0.3 is 0 Å². The van der Waals surface area contributed by atoms with Crippen molar-refractivity contribution in [3.05, 3.63) is 59.2 Å². The maximum Gasteiger partial charge on any atom is 0.435 e. The van der Waals surface area contributed by atoms with Crippen LogP contribution in [-0.2, 0) is 25.6 Å². The number of benzene rings is 1. The van der Waals surface area contributed by atoms with Crippen molar-refractivity contribution in [3.63, 3.8) is 0 Å². The number of nitrogens with zero attached hydrogens (tertiary/aromatic N) is 5. The van der Waals surface area contributed by atoms with Gasteiger partial charge in [-0.1, -0.05) is 12.1 Å². The molecule has 1 aliphatic carbocycles. The molecule has 1 aromatic carbocycles. The topological polar surface area (TPSA) is 48.5 Å². The summed E-state index contributed by atoms with van der Waals surface area (Å²) in [7, 11) is 0. The lowest BCUT2D eigenvalue weighted by Crippen LogP contribution is -2.11. The van der Waals surface area contributed by atoms with E-state index in [4.69, 9.17) is 0 Å². The number of fused-ring (bicyclic) bond motifs is 1. The van der Waals surface area contributed by atoms with E-state index in [1.54, 1.807) is 29.3 Å². The molecule has 0 amide bonds. The van der Waals surface area contributed by atoms with Crippen molar-refractivity contribution in [2.24, 2.45) is 0 Å². The van der Waals surface area contributed by atoms with Crippen molar-refractivity contribution >= 4 is 0 Å². The van der Waals surface area contributed by atoms with E-state index >= 15 is 0 Å². The molecule has 0 N–H and O–H groups in total. The van der Waals surface area contributed by atoms with Crippen molar-refractivity contribution < 1.29 is 13.2 Å². The highest BCUT2D eigenvalue weighted by atomic mass is 19.4. The van der Waals surface area contributed by atoms with Crippen LogP contribution in [0.25, 0.3) is 5.69 Å². The minimum absolute atomic E-state index is 0.351. The highest BCUT2D eigenvalue weighted by molar-refractivity contribution is 5.41. The molecular formula is C17H16F3N5. The third-order valence-corrected chi connectivity index (χ3v) is 4.42. The molecule has 25 heavy (non-hydrogen) atoms. The minimum atomic E-state index is -4.42. The molecule has 3 aromatic rings. The third kappa shape index (κ3) is 3.04. The molecule has 0 fully saturated rings. The van der Waals surface area contributed by atoms with E-state index in [0.29, 0.717) is 36.3 Å². The number of alkyl halides is 3. The number of aromatic nitrogens is 5. The van der Waals surface area contributed by atoms with Crippen LogP contribution >= 0.6 is 0 Å². The van der Waals surface area contributed by atoms with Crippen molar-refractivity contribution in [2.75, 3.05) is 0 Å². The van der Waals surface area contributed by atoms with Gasteiger partial charge in [-0.3, -0.25) is 0 Å². The highest BCUT2D eigenvalue weighted by Crippen LogP contribution is 2.36. The molecule has 0 saturated heterocycles. The fourth-order valence-electron chi connectivity index (χ4n) is 3.27. The lowest BCUT2D eigenvalue weighted by Gasteiger charge is -2.15. The Morgan fingerprint density at radius 1 is 0.960 bits per heavy atom. The van der Waals surface area contributed by atoms with Crippen LogP contribution in [0.4, 0.5) is 13.2 Å². The van der Waals surface area contributed by atoms with E-state index in [2.05, 4.69) is 15.3 Å². The molecule has 0 unspecified atom stereocenters. The summed E-state index contributed by atoms with van der Waals surface area (Å²) in [6.07, 6.45) is 1.51. The second kappa shape index (κ2) is 6.02. The standard InChI is InChI=1S/C17H16F3N5/c18-17(19,20)16-14-3-1-2-4-15(14)25(23-16)13-7-5-12(6-8-13)11-24-21-9-10-22-24/h5-10H,1-4,11H2. The fourth-order valence-corrected chi connectivity index (χ4v) is 3.27. The summed E-state index contributed by atoms with van der Waals surface area (Å²) in [5.74, 6) is 0. The zero-order valence-electron chi connectivity index (χ0n) is 13.4. The Balaban J connectivity index is 1.68. The van der Waals surface area contributed by atoms with Gasteiger partial charge in [-0.2, -0.15) is 33.3 Å². The number of hydrogen-bond donors (Lipinski definition) is 0. The molecule has 5 nitrogen and oxygen atoms in total. The van der Waals surface area contributed by atoms with E-state index in [1.807, 2.05) is 12.1 Å². The van der Waals surface area contributed by atoms with Crippen molar-refractivity contribution in [2.45, 2.75) is 38.4 Å². The van der Waals surface area contributed by atoms with Crippen LogP contribution in [0.3, 0.4) is 0 Å². The summed E-state index contributed by atoms with van der Waals surface area (Å²) in [5.41, 5.74) is 1.90. The van der Waals surface area contributed by atoms with E-state index in [-0.39, 0.29) is 0 Å². The first-order chi connectivity index (χ1) is 12.0. The zero-order chi connectivity index (χ0) is 17.4. The number of halogens is 3. The first-order valence-electron chi connectivity index (χ1n) is 8.14. The van der Waals surface area contributed by atoms with Gasteiger partial charge in [0.2, 0.25) is 0 Å². The molecule has 0 atom stereocenters. The van der Waals surface area contributed by atoms with Crippen LogP contribution in [0.15, 0.2) is 36.7 Å². The molecule has 1 aliphatic rings. The van der Waals surface area contributed by atoms with Gasteiger partial charge in [-0.05, 0) is 43.4 Å². The first-order valence-corrected chi connectivity index (χ1v) is 8.14. The lowest BCUT2D eigenvalue weighted by molar-refractivity contribution is -0.142. The fraction of sp³-hybridized carbons (Fsp3) is 0.353. The third-order valence-electron chi connectivity index (χ3n) is 4.42. The van der Waals surface area contributed by atoms with Crippen LogP contribution < -0.4 is 0 Å². The highest BCUT2D eigenvalue weighted by Gasteiger charge is 2.39. The molecule has 2 aromatic heterocycles. The van der Waals surface area contributed by atoms with E-state index in [1.165, 1.54) is 4.68 Å². The minimum Gasteiger partial charge on any atom is -0.237 e. The van der Waals surface area contributed by atoms with Gasteiger partial charge in [0.25, 0.3) is 0 Å². The van der Waals surface area contributed by atoms with Crippen LogP contribution in [0.5, 0.6) is 0 Å². The summed E-state index contributed by atoms with van der Waals surface area (Å²) >= 11 is 0. The van der Waals surface area contributed by atoms with Gasteiger partial charge in [-0.25, -0.2) is 4.68 Å². The zero-order valence-corrected chi connectivity index (χ0v) is 13.4. The predicted molar refractivity (Wildman–Crippen MR) is 84.3 cm³/mol. The van der Waals surface area contributed by atoms with Crippen LogP contribution in [-0.4, -0.2) is 24.8 Å². The van der Waals surface area contributed by atoms with Gasteiger partial charge in [0.05, 0.1) is 24.6 Å². The second-order valence-corrected chi connectivity index (χ2v) is 6.12. The molecule has 4 rings (SSSR count). The SMILES string of the molecule is FC(F)(F)c1nn(-c2ccc(Cn3nccn3)cc2)c2c1CCCC2. The summed E-state index contributed by atoms with van der Waals surface area (Å²) < 4.78 is 41.3. The smallest absolute Gasteiger partial charge is 0.237 e. The average Bonchev–Trinajstić information content (AvgIpc) is 3.22. The van der Waals surface area contributed by atoms with E-state index in [9.17, 15) is 13.2 Å². The monoisotopic (exact) mass is 347 g/mol. The van der Waals surface area contributed by atoms with Crippen LogP contribution in [0, 0.1) is 0 Å². The molecule has 0 aliphatic heterocycles. The maximum atomic E-state index is 13.3. The Labute approximate surface area is 142 Å². The van der Waals surface area contributed by atoms with Gasteiger partial charge in [-0.15, -0.1) is 0 Å². The molecule has 130 valence electrons. The number of rotatable bonds is 3. The average molecular weight is 347 g/mol. The molecule has 8 heteroatoms. The first kappa shape index (κ1) is 15.9. The van der Waals surface area contributed by atoms with Gasteiger partial charge in [0.1, 0.15) is 0 Å². The summed E-state index contributed by atoms with van der Waals surface area (Å²) in [5, 5.41) is 12.0. The lowest BCUT2D eigenvalue weighted by atomic mass is 9.95. The molecule has 0 spiro atoms. The predicted octanol–water partition coefficient (Wildman–Crippen LogP) is 3.41. The van der Waals surface area contributed by atoms with E-state index < -0.39 is 11.9 Å². The summed E-state index contributed by atoms with van der Waals surface area (Å²) in [6, 6.07) is 7.31. The summed E-state index contributed by atoms with van der Waals surface area (Å²) in [6.45, 7) is 0.512. The molecular weight excluding hydrogens is 331 g/mol. The van der Waals surface area contributed by atoms with Crippen LogP contribution in [0.1, 0.15) is 35.4 Å². The largest absolute Gasteiger partial charge is 0.435 e. The van der Waals surface area contributed by atoms with Crippen molar-refractivity contribution in [1.29, 1.82) is 0 Å². The molecule has 0 bridgehead atoms. The quantitative estimate of drug-likeness (QED) is 0.729. The number of hydrogen-bond acceptors (Lipinski definition) is 3. The van der Waals surface area contributed by atoms with Gasteiger partial charge >= 0.3 is 6.18 Å². The molecule has 0 saturated carbocycles. The Morgan fingerprint density at radius 3 is 2.32 bits per heavy atom. The molecule has 2 heterocycles. The maximum absolute atomic E-state index is 13.3. The van der Waals surface area contributed by atoms with E-state index in [0.717, 1.165) is 18.4 Å². The Hall–Kier alpha value is -2.64. The van der Waals surface area contributed by atoms with Crippen LogP contribution in [0.2, 0.25) is 0 Å². The molecule has 0 radical (unpaired) electrons. The summed E-state index contributed by atoms with van der Waals surface area (Å²) in [4.78, 5) is 1.55. The Morgan fingerprint density at radius 2 is 1.64 bits per heavy atom. The Kier molecular flexibility index (Phi) is 3.82.